The number of carbonyl (C=O) groups excluding carboxylic acids is 3. The molecule has 0 radical (unpaired) electrons. The van der Waals surface area contributed by atoms with Gasteiger partial charge < -0.3 is 14.2 Å². The van der Waals surface area contributed by atoms with Gasteiger partial charge in [0, 0.05) is 17.2 Å². The maximum absolute atomic E-state index is 12.7. The molecule has 4 rings (SSSR count). The zero-order valence-corrected chi connectivity index (χ0v) is 21.2. The van der Waals surface area contributed by atoms with E-state index < -0.39 is 17.8 Å². The molecular formula is C31H26N2O6. The van der Waals surface area contributed by atoms with Gasteiger partial charge >= 0.3 is 11.9 Å². The van der Waals surface area contributed by atoms with Crippen LogP contribution in [0.2, 0.25) is 0 Å². The summed E-state index contributed by atoms with van der Waals surface area (Å²) in [7, 11) is 0. The van der Waals surface area contributed by atoms with Gasteiger partial charge in [0.2, 0.25) is 0 Å². The van der Waals surface area contributed by atoms with Gasteiger partial charge in [-0.2, -0.15) is 5.10 Å². The van der Waals surface area contributed by atoms with Crippen molar-refractivity contribution in [3.63, 3.8) is 0 Å². The van der Waals surface area contributed by atoms with E-state index in [0.29, 0.717) is 34.6 Å². The highest BCUT2D eigenvalue weighted by Gasteiger charge is 2.15. The zero-order valence-electron chi connectivity index (χ0n) is 21.2. The number of esters is 2. The summed E-state index contributed by atoms with van der Waals surface area (Å²) in [6.07, 6.45) is 2.23. The van der Waals surface area contributed by atoms with Crippen LogP contribution >= 0.6 is 0 Å². The summed E-state index contributed by atoms with van der Waals surface area (Å²) in [5, 5.41) is 4.01. The average molecular weight is 523 g/mol. The van der Waals surface area contributed by atoms with Gasteiger partial charge in [-0.25, -0.2) is 15.0 Å². The smallest absolute Gasteiger partial charge is 0.343 e. The Kier molecular flexibility index (Phi) is 9.18. The molecule has 0 spiro atoms. The Bertz CT molecular complexity index is 1450. The molecule has 1 amide bonds. The molecule has 0 saturated heterocycles. The number of hydrogen-bond donors (Lipinski definition) is 1. The average Bonchev–Trinajstić information content (AvgIpc) is 2.98. The minimum atomic E-state index is -0.605. The summed E-state index contributed by atoms with van der Waals surface area (Å²) < 4.78 is 16.6. The highest BCUT2D eigenvalue weighted by Crippen LogP contribution is 2.26. The Morgan fingerprint density at radius 3 is 1.92 bits per heavy atom. The number of nitrogens with zero attached hydrogens (tertiary/aromatic N) is 1. The first-order valence-corrected chi connectivity index (χ1v) is 12.3. The van der Waals surface area contributed by atoms with E-state index in [9.17, 15) is 14.4 Å². The molecule has 0 atom stereocenters. The lowest BCUT2D eigenvalue weighted by atomic mass is 10.2. The van der Waals surface area contributed by atoms with Crippen molar-refractivity contribution in [3.8, 4) is 17.2 Å². The summed E-state index contributed by atoms with van der Waals surface area (Å²) in [6, 6.07) is 28.2. The van der Waals surface area contributed by atoms with Crippen molar-refractivity contribution in [3.05, 3.63) is 125 Å². The minimum absolute atomic E-state index is 0.0950. The summed E-state index contributed by atoms with van der Waals surface area (Å²) in [5.74, 6) is -0.648. The number of ether oxygens (including phenoxy) is 3. The van der Waals surface area contributed by atoms with Gasteiger partial charge in [-0.1, -0.05) is 43.3 Å². The molecular weight excluding hydrogens is 496 g/mol. The van der Waals surface area contributed by atoms with Crippen molar-refractivity contribution in [2.24, 2.45) is 5.10 Å². The normalized spacial score (nSPS) is 10.6. The molecule has 0 bridgehead atoms. The number of amides is 1. The quantitative estimate of drug-likeness (QED) is 0.124. The summed E-state index contributed by atoms with van der Waals surface area (Å²) in [6.45, 7) is 2.61. The van der Waals surface area contributed by atoms with Crippen molar-refractivity contribution in [2.45, 2.75) is 13.3 Å². The Balaban J connectivity index is 1.50. The molecule has 1 N–H and O–H groups in total. The van der Waals surface area contributed by atoms with Crippen LogP contribution in [0, 0.1) is 0 Å². The van der Waals surface area contributed by atoms with Crippen LogP contribution in [0.5, 0.6) is 17.2 Å². The third-order valence-electron chi connectivity index (χ3n) is 5.38. The van der Waals surface area contributed by atoms with Gasteiger partial charge in [0.25, 0.3) is 5.91 Å². The van der Waals surface area contributed by atoms with Gasteiger partial charge in [0.05, 0.1) is 23.9 Å². The van der Waals surface area contributed by atoms with Crippen LogP contribution < -0.4 is 19.6 Å². The molecule has 0 unspecified atom stereocenters. The Labute approximate surface area is 225 Å². The zero-order chi connectivity index (χ0) is 27.5. The highest BCUT2D eigenvalue weighted by molar-refractivity contribution is 5.96. The molecule has 4 aromatic rings. The Morgan fingerprint density at radius 1 is 0.718 bits per heavy atom. The molecule has 0 aromatic heterocycles. The minimum Gasteiger partial charge on any atom is -0.494 e. The molecule has 4 aromatic carbocycles. The largest absolute Gasteiger partial charge is 0.494 e. The standard InChI is InChI=1S/C31H26N2O6/c1-2-19-37-26-16-13-22(14-17-26)29(34)33-32-21-25-15-18-27(38-30(35)23-9-5-3-6-10-23)20-28(25)39-31(36)24-11-7-4-8-12-24/h3-18,20-21H,2,19H2,1H3,(H,33,34). The summed E-state index contributed by atoms with van der Waals surface area (Å²) in [5.41, 5.74) is 3.94. The lowest BCUT2D eigenvalue weighted by Crippen LogP contribution is -2.17. The van der Waals surface area contributed by atoms with E-state index in [1.165, 1.54) is 12.3 Å². The first-order chi connectivity index (χ1) is 19.0. The van der Waals surface area contributed by atoms with E-state index in [-0.39, 0.29) is 11.5 Å². The number of rotatable bonds is 10. The van der Waals surface area contributed by atoms with Gasteiger partial charge in [-0.15, -0.1) is 0 Å². The molecule has 196 valence electrons. The number of carbonyl (C=O) groups is 3. The van der Waals surface area contributed by atoms with Crippen molar-refractivity contribution < 1.29 is 28.6 Å². The predicted molar refractivity (Wildman–Crippen MR) is 147 cm³/mol. The third-order valence-corrected chi connectivity index (χ3v) is 5.38. The number of nitrogens with one attached hydrogen (secondary N) is 1. The molecule has 0 aliphatic carbocycles. The fraction of sp³-hybridized carbons (Fsp3) is 0.0968. The Morgan fingerprint density at radius 2 is 1.31 bits per heavy atom. The van der Waals surface area contributed by atoms with Crippen LogP contribution in [-0.4, -0.2) is 30.7 Å². The van der Waals surface area contributed by atoms with E-state index in [2.05, 4.69) is 10.5 Å². The Hall–Kier alpha value is -5.24. The monoisotopic (exact) mass is 522 g/mol. The lowest BCUT2D eigenvalue weighted by Gasteiger charge is -2.10. The van der Waals surface area contributed by atoms with Crippen molar-refractivity contribution in [1.29, 1.82) is 0 Å². The number of benzene rings is 4. The third kappa shape index (κ3) is 7.62. The number of hydrazone groups is 1. The first-order valence-electron chi connectivity index (χ1n) is 12.3. The van der Waals surface area contributed by atoms with Gasteiger partial charge in [-0.05, 0) is 67.1 Å². The van der Waals surface area contributed by atoms with Crippen molar-refractivity contribution in [1.82, 2.24) is 5.43 Å². The van der Waals surface area contributed by atoms with Crippen molar-refractivity contribution in [2.75, 3.05) is 6.61 Å². The van der Waals surface area contributed by atoms with E-state index in [1.807, 2.05) is 6.92 Å². The SMILES string of the molecule is CCCOc1ccc(C(=O)NN=Cc2ccc(OC(=O)c3ccccc3)cc2OC(=O)c2ccccc2)cc1. The van der Waals surface area contributed by atoms with Crippen LogP contribution in [0.3, 0.4) is 0 Å². The fourth-order valence-electron chi connectivity index (χ4n) is 3.39. The molecule has 0 fully saturated rings. The topological polar surface area (TPSA) is 103 Å². The van der Waals surface area contributed by atoms with Gasteiger partial charge in [0.1, 0.15) is 17.2 Å². The van der Waals surface area contributed by atoms with Crippen LogP contribution in [0.4, 0.5) is 0 Å². The molecule has 8 nitrogen and oxygen atoms in total. The second-order valence-corrected chi connectivity index (χ2v) is 8.28. The highest BCUT2D eigenvalue weighted by atomic mass is 16.5. The fourth-order valence-corrected chi connectivity index (χ4v) is 3.39. The lowest BCUT2D eigenvalue weighted by molar-refractivity contribution is 0.0732. The molecule has 39 heavy (non-hydrogen) atoms. The maximum atomic E-state index is 12.7. The maximum Gasteiger partial charge on any atom is 0.343 e. The van der Waals surface area contributed by atoms with E-state index in [0.717, 1.165) is 6.42 Å². The van der Waals surface area contributed by atoms with E-state index in [4.69, 9.17) is 14.2 Å². The summed E-state index contributed by atoms with van der Waals surface area (Å²) in [4.78, 5) is 37.7. The molecule has 0 aliphatic heterocycles. The number of hydrogen-bond acceptors (Lipinski definition) is 7. The summed E-state index contributed by atoms with van der Waals surface area (Å²) >= 11 is 0. The van der Waals surface area contributed by atoms with Crippen LogP contribution in [0.1, 0.15) is 50.0 Å². The predicted octanol–water partition coefficient (Wildman–Crippen LogP) is 5.68. The van der Waals surface area contributed by atoms with Gasteiger partial charge in [-0.3, -0.25) is 4.79 Å². The molecule has 0 heterocycles. The second-order valence-electron chi connectivity index (χ2n) is 8.28. The first kappa shape index (κ1) is 26.8. The van der Waals surface area contributed by atoms with Crippen LogP contribution in [-0.2, 0) is 0 Å². The van der Waals surface area contributed by atoms with Crippen molar-refractivity contribution >= 4 is 24.1 Å². The van der Waals surface area contributed by atoms with Crippen LogP contribution in [0.25, 0.3) is 0 Å². The molecule has 0 aliphatic rings. The molecule has 8 heteroatoms. The van der Waals surface area contributed by atoms with E-state index >= 15 is 0 Å². The van der Waals surface area contributed by atoms with E-state index in [1.54, 1.807) is 97.1 Å². The van der Waals surface area contributed by atoms with Gasteiger partial charge in [0.15, 0.2) is 0 Å². The molecule has 0 saturated carbocycles. The second kappa shape index (κ2) is 13.3. The van der Waals surface area contributed by atoms with Crippen LogP contribution in [0.15, 0.2) is 108 Å².